The van der Waals surface area contributed by atoms with E-state index in [1.165, 1.54) is 36.9 Å². The van der Waals surface area contributed by atoms with Gasteiger partial charge in [0.25, 0.3) is 0 Å². The van der Waals surface area contributed by atoms with Crippen molar-refractivity contribution in [3.63, 3.8) is 0 Å². The van der Waals surface area contributed by atoms with Crippen LogP contribution in [0.1, 0.15) is 31.0 Å². The summed E-state index contributed by atoms with van der Waals surface area (Å²) in [7, 11) is -2.30. The fraction of sp³-hybridized carbons (Fsp3) is 0.368. The quantitative estimate of drug-likeness (QED) is 0.623. The minimum Gasteiger partial charge on any atom is -0.310 e. The highest BCUT2D eigenvalue weighted by molar-refractivity contribution is 7.91. The summed E-state index contributed by atoms with van der Waals surface area (Å²) in [4.78, 5) is 12.1. The van der Waals surface area contributed by atoms with Gasteiger partial charge >= 0.3 is 6.18 Å². The van der Waals surface area contributed by atoms with Crippen LogP contribution in [0.25, 0.3) is 22.7 Å². The molecule has 4 rings (SSSR count). The van der Waals surface area contributed by atoms with Gasteiger partial charge in [-0.2, -0.15) is 18.4 Å². The number of nitrogens with zero attached hydrogens (tertiary/aromatic N) is 5. The first-order valence-electron chi connectivity index (χ1n) is 9.08. The van der Waals surface area contributed by atoms with Gasteiger partial charge in [-0.3, -0.25) is 4.98 Å². The monoisotopic (exact) mass is 435 g/mol. The summed E-state index contributed by atoms with van der Waals surface area (Å²) in [5.41, 5.74) is -1.14. The van der Waals surface area contributed by atoms with Gasteiger partial charge in [-0.1, -0.05) is 6.92 Å². The van der Waals surface area contributed by atoms with Crippen LogP contribution in [-0.2, 0) is 28.5 Å². The zero-order valence-electron chi connectivity index (χ0n) is 16.0. The number of alkyl halides is 3. The van der Waals surface area contributed by atoms with Crippen molar-refractivity contribution in [2.75, 3.05) is 5.75 Å². The van der Waals surface area contributed by atoms with E-state index in [0.29, 0.717) is 18.4 Å². The molecular formula is C19H16F3N5O2S. The maximum atomic E-state index is 13.0. The number of hydrogen-bond acceptors (Lipinski definition) is 6. The van der Waals surface area contributed by atoms with E-state index in [1.54, 1.807) is 0 Å². The van der Waals surface area contributed by atoms with E-state index in [1.807, 2.05) is 0 Å². The van der Waals surface area contributed by atoms with Gasteiger partial charge in [0, 0.05) is 13.2 Å². The maximum absolute atomic E-state index is 13.0. The highest BCUT2D eigenvalue weighted by atomic mass is 32.2. The van der Waals surface area contributed by atoms with Gasteiger partial charge in [-0.25, -0.2) is 18.4 Å². The molecule has 0 unspecified atom stereocenters. The Morgan fingerprint density at radius 2 is 1.97 bits per heavy atom. The van der Waals surface area contributed by atoms with Gasteiger partial charge in [0.05, 0.1) is 22.1 Å². The molecule has 1 fully saturated rings. The zero-order valence-corrected chi connectivity index (χ0v) is 16.8. The SMILES string of the molecule is CCS(=O)(=O)c1cc(C2(C#N)CC2)cnc1-c1nc2ccc(C(F)(F)F)nc2n1C. The smallest absolute Gasteiger partial charge is 0.310 e. The third kappa shape index (κ3) is 3.11. The van der Waals surface area contributed by atoms with Crippen molar-refractivity contribution in [3.8, 4) is 17.6 Å². The molecule has 0 bridgehead atoms. The summed E-state index contributed by atoms with van der Waals surface area (Å²) in [5.74, 6) is -0.123. The van der Waals surface area contributed by atoms with Crippen LogP contribution in [0.5, 0.6) is 0 Å². The summed E-state index contributed by atoms with van der Waals surface area (Å²) in [6.07, 6.45) is -1.95. The molecule has 3 aromatic heterocycles. The lowest BCUT2D eigenvalue weighted by Crippen LogP contribution is -2.12. The summed E-state index contributed by atoms with van der Waals surface area (Å²) in [6.45, 7) is 1.48. The van der Waals surface area contributed by atoms with Crippen molar-refractivity contribution in [1.29, 1.82) is 5.26 Å². The zero-order chi connectivity index (χ0) is 21.9. The van der Waals surface area contributed by atoms with Crippen LogP contribution < -0.4 is 0 Å². The molecule has 1 saturated carbocycles. The molecule has 0 amide bonds. The largest absolute Gasteiger partial charge is 0.433 e. The van der Waals surface area contributed by atoms with Crippen LogP contribution in [0.15, 0.2) is 29.3 Å². The molecule has 30 heavy (non-hydrogen) atoms. The normalized spacial score (nSPS) is 15.9. The molecule has 3 aromatic rings. The molecule has 11 heteroatoms. The molecule has 3 heterocycles. The molecule has 0 atom stereocenters. The molecule has 156 valence electrons. The minimum atomic E-state index is -4.62. The summed E-state index contributed by atoms with van der Waals surface area (Å²) >= 11 is 0. The number of fused-ring (bicyclic) bond motifs is 1. The lowest BCUT2D eigenvalue weighted by Gasteiger charge is -2.13. The Labute approximate surface area is 170 Å². The van der Waals surface area contributed by atoms with Crippen molar-refractivity contribution in [2.45, 2.75) is 36.3 Å². The molecule has 7 nitrogen and oxygen atoms in total. The molecule has 0 N–H and O–H groups in total. The number of hydrogen-bond donors (Lipinski definition) is 0. The van der Waals surface area contributed by atoms with Gasteiger partial charge in [-0.15, -0.1) is 0 Å². The van der Waals surface area contributed by atoms with E-state index in [4.69, 9.17) is 0 Å². The summed E-state index contributed by atoms with van der Waals surface area (Å²) < 4.78 is 65.9. The van der Waals surface area contributed by atoms with E-state index in [0.717, 1.165) is 6.07 Å². The van der Waals surface area contributed by atoms with Crippen molar-refractivity contribution >= 4 is 21.0 Å². The average Bonchev–Trinajstić information content (AvgIpc) is 3.45. The highest BCUT2D eigenvalue weighted by Crippen LogP contribution is 2.48. The minimum absolute atomic E-state index is 0.0170. The van der Waals surface area contributed by atoms with E-state index >= 15 is 0 Å². The number of imidazole rings is 1. The molecule has 0 radical (unpaired) electrons. The molecule has 1 aliphatic carbocycles. The topological polar surface area (TPSA) is 102 Å². The van der Waals surface area contributed by atoms with E-state index in [-0.39, 0.29) is 33.3 Å². The number of halogens is 3. The van der Waals surface area contributed by atoms with Gasteiger partial charge in [-0.05, 0) is 36.6 Å². The van der Waals surface area contributed by atoms with Gasteiger partial charge in [0.2, 0.25) is 0 Å². The first-order valence-corrected chi connectivity index (χ1v) is 10.7. The Morgan fingerprint density at radius 3 is 2.53 bits per heavy atom. The second-order valence-corrected chi connectivity index (χ2v) is 9.45. The highest BCUT2D eigenvalue weighted by Gasteiger charge is 2.46. The second-order valence-electron chi connectivity index (χ2n) is 7.20. The standard InChI is InChI=1S/C19H16F3N5O2S/c1-3-30(28,29)13-8-11(18(10-23)6-7-18)9-24-15(13)17-25-12-4-5-14(19(20,21)22)26-16(12)27(17)2/h4-5,8-9H,3,6-7H2,1-2H3. The van der Waals surface area contributed by atoms with Crippen molar-refractivity contribution in [3.05, 3.63) is 35.7 Å². The fourth-order valence-corrected chi connectivity index (χ4v) is 4.35. The Balaban J connectivity index is 1.95. The predicted octanol–water partition coefficient (Wildman–Crippen LogP) is 3.40. The van der Waals surface area contributed by atoms with E-state index in [2.05, 4.69) is 21.0 Å². The fourth-order valence-electron chi connectivity index (χ4n) is 3.29. The van der Waals surface area contributed by atoms with Crippen molar-refractivity contribution in [1.82, 2.24) is 19.5 Å². The molecule has 0 spiro atoms. The molecular weight excluding hydrogens is 419 g/mol. The maximum Gasteiger partial charge on any atom is 0.433 e. The molecule has 0 saturated heterocycles. The van der Waals surface area contributed by atoms with Crippen LogP contribution in [0.4, 0.5) is 13.2 Å². The van der Waals surface area contributed by atoms with Crippen LogP contribution in [-0.4, -0.2) is 33.7 Å². The summed E-state index contributed by atoms with van der Waals surface area (Å²) in [5, 5.41) is 9.43. The van der Waals surface area contributed by atoms with Crippen LogP contribution in [0, 0.1) is 11.3 Å². The lowest BCUT2D eigenvalue weighted by molar-refractivity contribution is -0.141. The molecule has 1 aliphatic rings. The number of aromatic nitrogens is 4. The number of pyridine rings is 2. The van der Waals surface area contributed by atoms with Crippen molar-refractivity contribution < 1.29 is 21.6 Å². The number of nitriles is 1. The number of sulfone groups is 1. The third-order valence-corrected chi connectivity index (χ3v) is 7.04. The first kappa shape index (κ1) is 20.3. The number of aryl methyl sites for hydroxylation is 1. The van der Waals surface area contributed by atoms with Gasteiger partial charge in [0.1, 0.15) is 16.9 Å². The van der Waals surface area contributed by atoms with E-state index < -0.39 is 27.1 Å². The van der Waals surface area contributed by atoms with Gasteiger partial charge in [0.15, 0.2) is 21.3 Å². The van der Waals surface area contributed by atoms with Crippen LogP contribution >= 0.6 is 0 Å². The average molecular weight is 435 g/mol. The summed E-state index contributed by atoms with van der Waals surface area (Å²) in [6, 6.07) is 5.65. The van der Waals surface area contributed by atoms with Crippen molar-refractivity contribution in [2.24, 2.45) is 7.05 Å². The number of rotatable bonds is 4. The van der Waals surface area contributed by atoms with E-state index in [9.17, 15) is 26.9 Å². The van der Waals surface area contributed by atoms with Gasteiger partial charge < -0.3 is 4.57 Å². The molecule has 0 aromatic carbocycles. The first-order chi connectivity index (χ1) is 14.0. The second kappa shape index (κ2) is 6.50. The Morgan fingerprint density at radius 1 is 1.27 bits per heavy atom. The predicted molar refractivity (Wildman–Crippen MR) is 101 cm³/mol. The Bertz CT molecular complexity index is 1320. The Kier molecular flexibility index (Phi) is 4.39. The lowest BCUT2D eigenvalue weighted by atomic mass is 9.99. The third-order valence-electron chi connectivity index (χ3n) is 5.30. The van der Waals surface area contributed by atoms with Crippen LogP contribution in [0.2, 0.25) is 0 Å². The van der Waals surface area contributed by atoms with Crippen LogP contribution in [0.3, 0.4) is 0 Å². The Hall–Kier alpha value is -3.00. The molecule has 0 aliphatic heterocycles.